The van der Waals surface area contributed by atoms with Gasteiger partial charge in [-0.1, -0.05) is 5.21 Å². The minimum Gasteiger partial charge on any atom is -0.382 e. The van der Waals surface area contributed by atoms with Crippen LogP contribution in [0.5, 0.6) is 0 Å². The third kappa shape index (κ3) is 3.26. The molecule has 0 saturated heterocycles. The Hall–Kier alpha value is -0.940. The average molecular weight is 238 g/mol. The Morgan fingerprint density at radius 1 is 1.47 bits per heavy atom. The molecule has 2 N–H and O–H groups in total. The predicted octanol–water partition coefficient (Wildman–Crippen LogP) is 1.08. The van der Waals surface area contributed by atoms with Crippen molar-refractivity contribution in [3.8, 4) is 0 Å². The van der Waals surface area contributed by atoms with Crippen molar-refractivity contribution in [1.29, 1.82) is 0 Å². The van der Waals surface area contributed by atoms with E-state index in [1.807, 2.05) is 6.92 Å². The third-order valence-corrected chi connectivity index (χ3v) is 3.06. The summed E-state index contributed by atoms with van der Waals surface area (Å²) in [5.41, 5.74) is 8.03. The van der Waals surface area contributed by atoms with Gasteiger partial charge in [-0.3, -0.25) is 0 Å². The second kappa shape index (κ2) is 6.12. The molecule has 1 aromatic heterocycles. The summed E-state index contributed by atoms with van der Waals surface area (Å²) in [6, 6.07) is 0. The lowest BCUT2D eigenvalue weighted by molar-refractivity contribution is 0.140. The Kier molecular flexibility index (Phi) is 4.50. The van der Waals surface area contributed by atoms with Gasteiger partial charge in [0.15, 0.2) is 0 Å². The molecular weight excluding hydrogens is 216 g/mol. The molecule has 1 aromatic rings. The molecule has 2 rings (SSSR count). The Bertz CT molecular complexity index is 346. The van der Waals surface area contributed by atoms with Crippen molar-refractivity contribution in [2.45, 2.75) is 45.1 Å². The standard InChI is InChI=1S/C12H22N4O/c1-2-17-9-3-8-16-12(10-4-5-10)11(6-7-13)14-15-16/h10H,2-9,13H2,1H3. The Labute approximate surface area is 102 Å². The monoisotopic (exact) mass is 238 g/mol. The highest BCUT2D eigenvalue weighted by Gasteiger charge is 2.30. The molecule has 0 amide bonds. The fourth-order valence-electron chi connectivity index (χ4n) is 2.10. The zero-order valence-corrected chi connectivity index (χ0v) is 10.6. The molecule has 5 heteroatoms. The maximum absolute atomic E-state index is 5.60. The van der Waals surface area contributed by atoms with E-state index >= 15 is 0 Å². The number of aromatic nitrogens is 3. The summed E-state index contributed by atoms with van der Waals surface area (Å²) in [5, 5.41) is 8.51. The van der Waals surface area contributed by atoms with Gasteiger partial charge >= 0.3 is 0 Å². The molecule has 0 atom stereocenters. The second-order valence-corrected chi connectivity index (χ2v) is 4.51. The summed E-state index contributed by atoms with van der Waals surface area (Å²) in [4.78, 5) is 0. The van der Waals surface area contributed by atoms with Crippen molar-refractivity contribution >= 4 is 0 Å². The van der Waals surface area contributed by atoms with E-state index in [2.05, 4.69) is 15.0 Å². The van der Waals surface area contributed by atoms with Gasteiger partial charge in [-0.05, 0) is 32.7 Å². The number of nitrogens with zero attached hydrogens (tertiary/aromatic N) is 3. The minimum absolute atomic E-state index is 0.650. The lowest BCUT2D eigenvalue weighted by atomic mass is 10.2. The lowest BCUT2D eigenvalue weighted by Crippen LogP contribution is -2.09. The van der Waals surface area contributed by atoms with Gasteiger partial charge in [0.2, 0.25) is 0 Å². The molecule has 0 aromatic carbocycles. The number of hydrogen-bond acceptors (Lipinski definition) is 4. The van der Waals surface area contributed by atoms with Crippen LogP contribution in [0.1, 0.15) is 43.5 Å². The van der Waals surface area contributed by atoms with Crippen LogP contribution in [0.25, 0.3) is 0 Å². The van der Waals surface area contributed by atoms with Gasteiger partial charge in [0.25, 0.3) is 0 Å². The molecule has 1 aliphatic carbocycles. The lowest BCUT2D eigenvalue weighted by Gasteiger charge is -2.06. The largest absolute Gasteiger partial charge is 0.382 e. The Morgan fingerprint density at radius 2 is 2.29 bits per heavy atom. The van der Waals surface area contributed by atoms with Gasteiger partial charge in [0.05, 0.1) is 11.4 Å². The first-order chi connectivity index (χ1) is 8.36. The molecule has 1 heterocycles. The van der Waals surface area contributed by atoms with E-state index in [0.717, 1.165) is 38.3 Å². The van der Waals surface area contributed by atoms with Crippen LogP contribution in [0.2, 0.25) is 0 Å². The first kappa shape index (κ1) is 12.5. The van der Waals surface area contributed by atoms with Gasteiger partial charge in [-0.15, -0.1) is 5.10 Å². The number of hydrogen-bond donors (Lipinski definition) is 1. The molecule has 0 radical (unpaired) electrons. The van der Waals surface area contributed by atoms with E-state index in [9.17, 15) is 0 Å². The number of rotatable bonds is 8. The Morgan fingerprint density at radius 3 is 2.94 bits per heavy atom. The van der Waals surface area contributed by atoms with Crippen LogP contribution in [0, 0.1) is 0 Å². The quantitative estimate of drug-likeness (QED) is 0.688. The second-order valence-electron chi connectivity index (χ2n) is 4.51. The average Bonchev–Trinajstić information content (AvgIpc) is 3.09. The molecular formula is C12H22N4O. The van der Waals surface area contributed by atoms with Gasteiger partial charge in [0, 0.05) is 32.1 Å². The summed E-state index contributed by atoms with van der Waals surface area (Å²) in [5.74, 6) is 0.679. The summed E-state index contributed by atoms with van der Waals surface area (Å²) in [7, 11) is 0. The highest BCUT2D eigenvalue weighted by molar-refractivity contribution is 5.20. The van der Waals surface area contributed by atoms with E-state index in [-0.39, 0.29) is 0 Å². The van der Waals surface area contributed by atoms with Gasteiger partial charge in [0.1, 0.15) is 0 Å². The summed E-state index contributed by atoms with van der Waals surface area (Å²) >= 11 is 0. The van der Waals surface area contributed by atoms with Crippen molar-refractivity contribution in [1.82, 2.24) is 15.0 Å². The zero-order chi connectivity index (χ0) is 12.1. The molecule has 0 aliphatic heterocycles. The molecule has 17 heavy (non-hydrogen) atoms. The summed E-state index contributed by atoms with van der Waals surface area (Å²) < 4.78 is 7.40. The van der Waals surface area contributed by atoms with Crippen LogP contribution >= 0.6 is 0 Å². The maximum Gasteiger partial charge on any atom is 0.0874 e. The predicted molar refractivity (Wildman–Crippen MR) is 65.9 cm³/mol. The third-order valence-electron chi connectivity index (χ3n) is 3.06. The smallest absolute Gasteiger partial charge is 0.0874 e. The highest BCUT2D eigenvalue weighted by Crippen LogP contribution is 2.41. The topological polar surface area (TPSA) is 66.0 Å². The number of nitrogens with two attached hydrogens (primary N) is 1. The molecule has 1 saturated carbocycles. The number of ether oxygens (including phenoxy) is 1. The van der Waals surface area contributed by atoms with Crippen LogP contribution in [-0.2, 0) is 17.7 Å². The first-order valence-electron chi connectivity index (χ1n) is 6.56. The van der Waals surface area contributed by atoms with Crippen molar-refractivity contribution in [3.63, 3.8) is 0 Å². The van der Waals surface area contributed by atoms with E-state index in [1.54, 1.807) is 0 Å². The van der Waals surface area contributed by atoms with Crippen molar-refractivity contribution < 1.29 is 4.74 Å². The molecule has 0 unspecified atom stereocenters. The normalized spacial score (nSPS) is 15.4. The molecule has 0 spiro atoms. The molecule has 0 bridgehead atoms. The minimum atomic E-state index is 0.650. The van der Waals surface area contributed by atoms with Crippen LogP contribution in [-0.4, -0.2) is 34.8 Å². The van der Waals surface area contributed by atoms with Gasteiger partial charge in [-0.25, -0.2) is 4.68 Å². The molecule has 1 fully saturated rings. The first-order valence-corrected chi connectivity index (χ1v) is 6.56. The fraction of sp³-hybridized carbons (Fsp3) is 0.833. The van der Waals surface area contributed by atoms with E-state index in [1.165, 1.54) is 18.5 Å². The van der Waals surface area contributed by atoms with Crippen molar-refractivity contribution in [3.05, 3.63) is 11.4 Å². The molecule has 5 nitrogen and oxygen atoms in total. The van der Waals surface area contributed by atoms with Crippen molar-refractivity contribution in [2.24, 2.45) is 5.73 Å². The summed E-state index contributed by atoms with van der Waals surface area (Å²) in [6.45, 7) is 5.16. The van der Waals surface area contributed by atoms with Crippen LogP contribution < -0.4 is 5.73 Å². The van der Waals surface area contributed by atoms with E-state index < -0.39 is 0 Å². The van der Waals surface area contributed by atoms with Crippen LogP contribution in [0.4, 0.5) is 0 Å². The van der Waals surface area contributed by atoms with Gasteiger partial charge < -0.3 is 10.5 Å². The van der Waals surface area contributed by atoms with E-state index in [4.69, 9.17) is 10.5 Å². The molecule has 96 valence electrons. The van der Waals surface area contributed by atoms with Crippen LogP contribution in [0.15, 0.2) is 0 Å². The van der Waals surface area contributed by atoms with Gasteiger partial charge in [-0.2, -0.15) is 0 Å². The summed E-state index contributed by atoms with van der Waals surface area (Å²) in [6.07, 6.45) is 4.39. The highest BCUT2D eigenvalue weighted by atomic mass is 16.5. The fourth-order valence-corrected chi connectivity index (χ4v) is 2.10. The van der Waals surface area contributed by atoms with Crippen LogP contribution in [0.3, 0.4) is 0 Å². The number of aryl methyl sites for hydroxylation is 1. The Balaban J connectivity index is 1.95. The van der Waals surface area contributed by atoms with Crippen molar-refractivity contribution in [2.75, 3.05) is 19.8 Å². The molecule has 1 aliphatic rings. The SMILES string of the molecule is CCOCCCn1nnc(CCN)c1C1CC1. The maximum atomic E-state index is 5.60. The van der Waals surface area contributed by atoms with E-state index in [0.29, 0.717) is 12.5 Å². The zero-order valence-electron chi connectivity index (χ0n) is 10.6.